The van der Waals surface area contributed by atoms with Crippen LogP contribution in [0.2, 0.25) is 0 Å². The van der Waals surface area contributed by atoms with Crippen LogP contribution in [0.1, 0.15) is 45.9 Å². The molecular weight excluding hydrogens is 318 g/mol. The summed E-state index contributed by atoms with van der Waals surface area (Å²) in [7, 11) is 4.05. The zero-order chi connectivity index (χ0) is 16.8. The van der Waals surface area contributed by atoms with Crippen molar-refractivity contribution in [2.45, 2.75) is 32.4 Å². The van der Waals surface area contributed by atoms with Crippen molar-refractivity contribution in [3.8, 4) is 0 Å². The molecule has 1 aromatic heterocycles. The maximum absolute atomic E-state index is 12.7. The molecule has 2 atom stereocenters. The molecule has 1 aliphatic carbocycles. The second-order valence-electron chi connectivity index (χ2n) is 7.09. The molecule has 1 aliphatic heterocycles. The number of nitrogens with zero attached hydrogens (tertiary/aromatic N) is 1. The third kappa shape index (κ3) is 2.57. The van der Waals surface area contributed by atoms with Gasteiger partial charge in [-0.2, -0.15) is 0 Å². The van der Waals surface area contributed by atoms with Crippen LogP contribution in [-0.4, -0.2) is 20.0 Å². The smallest absolute Gasteiger partial charge is 0.256 e. The summed E-state index contributed by atoms with van der Waals surface area (Å²) in [5.41, 5.74) is 4.41. The highest BCUT2D eigenvalue weighted by Crippen LogP contribution is 2.42. The lowest BCUT2D eigenvalue weighted by atomic mass is 9.88. The number of benzene rings is 1. The molecule has 0 spiro atoms. The Labute approximate surface area is 146 Å². The molecule has 126 valence electrons. The van der Waals surface area contributed by atoms with E-state index in [-0.39, 0.29) is 12.1 Å². The fraction of sp³-hybridized carbons (Fsp3) is 0.421. The number of anilines is 2. The number of amides is 1. The minimum absolute atomic E-state index is 0.0671. The van der Waals surface area contributed by atoms with Gasteiger partial charge < -0.3 is 15.5 Å². The number of thiophene rings is 1. The minimum Gasteiger partial charge on any atom is -0.378 e. The molecular formula is C19H23N3OS. The van der Waals surface area contributed by atoms with E-state index in [1.54, 1.807) is 11.3 Å². The zero-order valence-corrected chi connectivity index (χ0v) is 15.2. The van der Waals surface area contributed by atoms with E-state index in [1.165, 1.54) is 16.9 Å². The van der Waals surface area contributed by atoms with Gasteiger partial charge in [-0.15, -0.1) is 11.3 Å². The molecule has 1 amide bonds. The first-order valence-corrected chi connectivity index (χ1v) is 9.34. The largest absolute Gasteiger partial charge is 0.378 e. The summed E-state index contributed by atoms with van der Waals surface area (Å²) < 4.78 is 0. The molecule has 0 unspecified atom stereocenters. The normalized spacial score (nSPS) is 22.2. The predicted octanol–water partition coefficient (Wildman–Crippen LogP) is 3.79. The van der Waals surface area contributed by atoms with Gasteiger partial charge in [-0.25, -0.2) is 0 Å². The summed E-state index contributed by atoms with van der Waals surface area (Å²) in [6.45, 7) is 2.30. The van der Waals surface area contributed by atoms with Crippen LogP contribution in [0.5, 0.6) is 0 Å². The Hall–Kier alpha value is -2.01. The standard InChI is InChI=1S/C19H23N3OS/c1-11-4-9-14-15(10-11)24-19-16(14)18(23)20-17(21-19)12-5-7-13(8-6-12)22(2)3/h5-8,11,17,21H,4,9-10H2,1-3H3,(H,20,23)/t11-,17+/m1/s1. The molecule has 2 N–H and O–H groups in total. The van der Waals surface area contributed by atoms with E-state index in [0.717, 1.165) is 40.6 Å². The fourth-order valence-corrected chi connectivity index (χ4v) is 5.03. The Balaban J connectivity index is 1.63. The van der Waals surface area contributed by atoms with Gasteiger partial charge in [0.2, 0.25) is 0 Å². The van der Waals surface area contributed by atoms with Crippen molar-refractivity contribution in [3.05, 3.63) is 45.8 Å². The molecule has 1 aromatic carbocycles. The molecule has 2 aliphatic rings. The van der Waals surface area contributed by atoms with Gasteiger partial charge in [0.05, 0.1) is 5.56 Å². The first kappa shape index (κ1) is 15.5. The Morgan fingerprint density at radius 1 is 1.17 bits per heavy atom. The lowest BCUT2D eigenvalue weighted by Crippen LogP contribution is -2.38. The number of carbonyl (C=O) groups is 1. The fourth-order valence-electron chi connectivity index (χ4n) is 3.59. The third-order valence-electron chi connectivity index (χ3n) is 5.03. The summed E-state index contributed by atoms with van der Waals surface area (Å²) >= 11 is 1.77. The molecule has 0 saturated heterocycles. The van der Waals surface area contributed by atoms with E-state index in [9.17, 15) is 4.79 Å². The summed E-state index contributed by atoms with van der Waals surface area (Å²) in [4.78, 5) is 16.2. The average molecular weight is 341 g/mol. The van der Waals surface area contributed by atoms with Crippen molar-refractivity contribution >= 4 is 27.9 Å². The van der Waals surface area contributed by atoms with E-state index in [1.807, 2.05) is 14.1 Å². The highest BCUT2D eigenvalue weighted by atomic mass is 32.1. The average Bonchev–Trinajstić information content (AvgIpc) is 2.92. The number of nitrogens with one attached hydrogen (secondary N) is 2. The van der Waals surface area contributed by atoms with Gasteiger partial charge in [-0.05, 0) is 48.4 Å². The first-order chi connectivity index (χ1) is 11.5. The third-order valence-corrected chi connectivity index (χ3v) is 6.22. The van der Waals surface area contributed by atoms with Crippen molar-refractivity contribution in [3.63, 3.8) is 0 Å². The van der Waals surface area contributed by atoms with Crippen LogP contribution in [0.3, 0.4) is 0 Å². The van der Waals surface area contributed by atoms with Crippen LogP contribution in [-0.2, 0) is 12.8 Å². The summed E-state index contributed by atoms with van der Waals surface area (Å²) in [6, 6.07) is 8.32. The second-order valence-corrected chi connectivity index (χ2v) is 8.20. The topological polar surface area (TPSA) is 44.4 Å². The molecule has 0 bridgehead atoms. The van der Waals surface area contributed by atoms with Crippen LogP contribution in [0, 0.1) is 5.92 Å². The van der Waals surface area contributed by atoms with E-state index < -0.39 is 0 Å². The highest BCUT2D eigenvalue weighted by Gasteiger charge is 2.32. The first-order valence-electron chi connectivity index (χ1n) is 8.52. The summed E-state index contributed by atoms with van der Waals surface area (Å²) in [6.07, 6.45) is 3.15. The number of hydrogen-bond donors (Lipinski definition) is 2. The highest BCUT2D eigenvalue weighted by molar-refractivity contribution is 7.16. The van der Waals surface area contributed by atoms with Gasteiger partial charge in [-0.1, -0.05) is 19.1 Å². The Kier molecular flexibility index (Phi) is 3.76. The lowest BCUT2D eigenvalue weighted by Gasteiger charge is -2.27. The number of hydrogen-bond acceptors (Lipinski definition) is 4. The molecule has 5 heteroatoms. The van der Waals surface area contributed by atoms with Crippen LogP contribution in [0.4, 0.5) is 10.7 Å². The molecule has 4 nitrogen and oxygen atoms in total. The summed E-state index contributed by atoms with van der Waals surface area (Å²) in [5.74, 6) is 0.785. The van der Waals surface area contributed by atoms with Crippen LogP contribution in [0.25, 0.3) is 0 Å². The van der Waals surface area contributed by atoms with E-state index >= 15 is 0 Å². The maximum atomic E-state index is 12.7. The van der Waals surface area contributed by atoms with Crippen LogP contribution < -0.4 is 15.5 Å². The van der Waals surface area contributed by atoms with E-state index in [2.05, 4.69) is 46.7 Å². The van der Waals surface area contributed by atoms with Crippen molar-refractivity contribution in [1.82, 2.24) is 5.32 Å². The Bertz CT molecular complexity index is 779. The monoisotopic (exact) mass is 341 g/mol. The molecule has 0 saturated carbocycles. The van der Waals surface area contributed by atoms with Gasteiger partial charge in [0.1, 0.15) is 11.2 Å². The van der Waals surface area contributed by atoms with Gasteiger partial charge >= 0.3 is 0 Å². The molecule has 2 aromatic rings. The van der Waals surface area contributed by atoms with Gasteiger partial charge in [0.25, 0.3) is 5.91 Å². The van der Waals surface area contributed by atoms with Crippen LogP contribution >= 0.6 is 11.3 Å². The van der Waals surface area contributed by atoms with E-state index in [4.69, 9.17) is 0 Å². The zero-order valence-electron chi connectivity index (χ0n) is 14.3. The SMILES string of the molecule is C[C@@H]1CCc2c(sc3c2C(=O)N[C@H](c2ccc(N(C)C)cc2)N3)C1. The number of carbonyl (C=O) groups excluding carboxylic acids is 1. The quantitative estimate of drug-likeness (QED) is 0.873. The van der Waals surface area contributed by atoms with Crippen molar-refractivity contribution < 1.29 is 4.79 Å². The molecule has 4 rings (SSSR count). The molecule has 24 heavy (non-hydrogen) atoms. The van der Waals surface area contributed by atoms with Gasteiger partial charge in [-0.3, -0.25) is 4.79 Å². The van der Waals surface area contributed by atoms with Crippen molar-refractivity contribution in [2.24, 2.45) is 5.92 Å². The van der Waals surface area contributed by atoms with Crippen molar-refractivity contribution in [2.75, 3.05) is 24.3 Å². The van der Waals surface area contributed by atoms with Crippen LogP contribution in [0.15, 0.2) is 24.3 Å². The Morgan fingerprint density at radius 2 is 1.92 bits per heavy atom. The number of rotatable bonds is 2. The number of fused-ring (bicyclic) bond motifs is 3. The maximum Gasteiger partial charge on any atom is 0.256 e. The lowest BCUT2D eigenvalue weighted by molar-refractivity contribution is 0.0935. The minimum atomic E-state index is -0.154. The van der Waals surface area contributed by atoms with E-state index in [0.29, 0.717) is 0 Å². The van der Waals surface area contributed by atoms with Crippen molar-refractivity contribution in [1.29, 1.82) is 0 Å². The molecule has 0 radical (unpaired) electrons. The van der Waals surface area contributed by atoms with Gasteiger partial charge in [0.15, 0.2) is 0 Å². The molecule has 0 fully saturated rings. The Morgan fingerprint density at radius 3 is 2.62 bits per heavy atom. The second kappa shape index (κ2) is 5.81. The predicted molar refractivity (Wildman–Crippen MR) is 100 cm³/mol. The summed E-state index contributed by atoms with van der Waals surface area (Å²) in [5, 5.41) is 7.71. The van der Waals surface area contributed by atoms with Gasteiger partial charge in [0, 0.05) is 24.7 Å². The molecule has 2 heterocycles.